The summed E-state index contributed by atoms with van der Waals surface area (Å²) < 4.78 is 10.7. The summed E-state index contributed by atoms with van der Waals surface area (Å²) >= 11 is 0. The summed E-state index contributed by atoms with van der Waals surface area (Å²) in [7, 11) is 0. The number of rotatable bonds is 7. The molecule has 5 heteroatoms. The second-order valence-electron chi connectivity index (χ2n) is 6.58. The molecule has 0 bridgehead atoms. The van der Waals surface area contributed by atoms with Crippen molar-refractivity contribution in [1.29, 1.82) is 0 Å². The van der Waals surface area contributed by atoms with Crippen molar-refractivity contribution in [3.63, 3.8) is 0 Å². The van der Waals surface area contributed by atoms with Crippen molar-refractivity contribution >= 4 is 5.91 Å². The third-order valence-electron chi connectivity index (χ3n) is 4.79. The summed E-state index contributed by atoms with van der Waals surface area (Å²) in [5.74, 6) is 1.32. The number of carbonyl (C=O) groups is 1. The fourth-order valence-electron chi connectivity index (χ4n) is 3.17. The average Bonchev–Trinajstić information content (AvgIpc) is 3.19. The summed E-state index contributed by atoms with van der Waals surface area (Å²) in [6.07, 6.45) is 3.83. The minimum atomic E-state index is -0.0873. The first-order valence-electron chi connectivity index (χ1n) is 8.93. The van der Waals surface area contributed by atoms with Crippen LogP contribution in [0.15, 0.2) is 47.1 Å². The molecule has 0 spiro atoms. The van der Waals surface area contributed by atoms with Gasteiger partial charge in [0.1, 0.15) is 5.76 Å². The second kappa shape index (κ2) is 8.83. The molecule has 3 rings (SSSR count). The van der Waals surface area contributed by atoms with Crippen LogP contribution in [0.3, 0.4) is 0 Å². The zero-order chi connectivity index (χ0) is 17.5. The molecule has 1 aromatic heterocycles. The third kappa shape index (κ3) is 5.18. The van der Waals surface area contributed by atoms with E-state index in [4.69, 9.17) is 9.15 Å². The molecular formula is C20H26N2O3. The number of amides is 1. The van der Waals surface area contributed by atoms with E-state index in [0.29, 0.717) is 24.1 Å². The Hall–Kier alpha value is -2.11. The SMILES string of the molecule is C[C@H](NCc1cccc(C(=O)NCc2ccco2)c1)C1CCOCC1. The largest absolute Gasteiger partial charge is 0.467 e. The van der Waals surface area contributed by atoms with Crippen LogP contribution in [0, 0.1) is 5.92 Å². The molecule has 1 aromatic carbocycles. The van der Waals surface area contributed by atoms with Crippen molar-refractivity contribution in [3.8, 4) is 0 Å². The summed E-state index contributed by atoms with van der Waals surface area (Å²) in [6, 6.07) is 11.9. The van der Waals surface area contributed by atoms with Crippen LogP contribution in [-0.4, -0.2) is 25.2 Å². The van der Waals surface area contributed by atoms with Gasteiger partial charge in [-0.15, -0.1) is 0 Å². The topological polar surface area (TPSA) is 63.5 Å². The van der Waals surface area contributed by atoms with Gasteiger partial charge in [0, 0.05) is 31.4 Å². The summed E-state index contributed by atoms with van der Waals surface area (Å²) in [5.41, 5.74) is 1.79. The van der Waals surface area contributed by atoms with E-state index < -0.39 is 0 Å². The number of furan rings is 1. The van der Waals surface area contributed by atoms with Crippen LogP contribution in [0.1, 0.15) is 41.4 Å². The summed E-state index contributed by atoms with van der Waals surface area (Å²) in [6.45, 7) is 5.12. The summed E-state index contributed by atoms with van der Waals surface area (Å²) in [5, 5.41) is 6.47. The van der Waals surface area contributed by atoms with E-state index in [0.717, 1.165) is 43.9 Å². The molecule has 1 aliphatic rings. The van der Waals surface area contributed by atoms with Gasteiger partial charge in [0.25, 0.3) is 5.91 Å². The average molecular weight is 342 g/mol. The molecule has 2 N–H and O–H groups in total. The fourth-order valence-corrected chi connectivity index (χ4v) is 3.17. The van der Waals surface area contributed by atoms with Gasteiger partial charge in [0.15, 0.2) is 0 Å². The van der Waals surface area contributed by atoms with E-state index in [-0.39, 0.29) is 5.91 Å². The smallest absolute Gasteiger partial charge is 0.251 e. The molecule has 1 amide bonds. The second-order valence-corrected chi connectivity index (χ2v) is 6.58. The van der Waals surface area contributed by atoms with Crippen molar-refractivity contribution in [2.75, 3.05) is 13.2 Å². The van der Waals surface area contributed by atoms with Crippen LogP contribution in [0.2, 0.25) is 0 Å². The zero-order valence-corrected chi connectivity index (χ0v) is 14.7. The van der Waals surface area contributed by atoms with Crippen molar-refractivity contribution < 1.29 is 13.9 Å². The van der Waals surface area contributed by atoms with E-state index >= 15 is 0 Å². The number of ether oxygens (including phenoxy) is 1. The van der Waals surface area contributed by atoms with Gasteiger partial charge in [-0.25, -0.2) is 0 Å². The van der Waals surface area contributed by atoms with E-state index in [1.54, 1.807) is 6.26 Å². The predicted molar refractivity (Wildman–Crippen MR) is 96.2 cm³/mol. The molecular weight excluding hydrogens is 316 g/mol. The number of hydrogen-bond donors (Lipinski definition) is 2. The Kier molecular flexibility index (Phi) is 6.25. The third-order valence-corrected chi connectivity index (χ3v) is 4.79. The molecule has 2 heterocycles. The Morgan fingerprint density at radius 2 is 2.04 bits per heavy atom. The van der Waals surface area contributed by atoms with Gasteiger partial charge in [-0.1, -0.05) is 12.1 Å². The highest BCUT2D eigenvalue weighted by molar-refractivity contribution is 5.94. The van der Waals surface area contributed by atoms with Crippen LogP contribution in [0.5, 0.6) is 0 Å². The van der Waals surface area contributed by atoms with Crippen LogP contribution in [-0.2, 0) is 17.8 Å². The van der Waals surface area contributed by atoms with Crippen molar-refractivity contribution in [2.45, 2.75) is 38.9 Å². The number of nitrogens with one attached hydrogen (secondary N) is 2. The maximum Gasteiger partial charge on any atom is 0.251 e. The zero-order valence-electron chi connectivity index (χ0n) is 14.7. The van der Waals surface area contributed by atoms with Gasteiger partial charge >= 0.3 is 0 Å². The van der Waals surface area contributed by atoms with Gasteiger partial charge < -0.3 is 19.8 Å². The predicted octanol–water partition coefficient (Wildman–Crippen LogP) is 3.11. The lowest BCUT2D eigenvalue weighted by Crippen LogP contribution is -2.36. The highest BCUT2D eigenvalue weighted by Crippen LogP contribution is 2.19. The molecule has 1 atom stereocenters. The molecule has 0 unspecified atom stereocenters. The number of hydrogen-bond acceptors (Lipinski definition) is 4. The Bertz CT molecular complexity index is 663. The molecule has 1 fully saturated rings. The van der Waals surface area contributed by atoms with Crippen molar-refractivity contribution in [2.24, 2.45) is 5.92 Å². The van der Waals surface area contributed by atoms with E-state index in [1.165, 1.54) is 0 Å². The quantitative estimate of drug-likeness (QED) is 0.811. The van der Waals surface area contributed by atoms with Crippen LogP contribution >= 0.6 is 0 Å². The first-order valence-corrected chi connectivity index (χ1v) is 8.93. The normalized spacial score (nSPS) is 16.5. The fraction of sp³-hybridized carbons (Fsp3) is 0.450. The van der Waals surface area contributed by atoms with Crippen LogP contribution in [0.4, 0.5) is 0 Å². The Morgan fingerprint density at radius 3 is 2.80 bits per heavy atom. The molecule has 5 nitrogen and oxygen atoms in total. The summed E-state index contributed by atoms with van der Waals surface area (Å²) in [4.78, 5) is 12.3. The van der Waals surface area contributed by atoms with Gasteiger partial charge in [0.05, 0.1) is 12.8 Å². The van der Waals surface area contributed by atoms with Crippen molar-refractivity contribution in [3.05, 3.63) is 59.5 Å². The first kappa shape index (κ1) is 17.7. The van der Waals surface area contributed by atoms with E-state index in [1.807, 2.05) is 36.4 Å². The van der Waals surface area contributed by atoms with Gasteiger partial charge in [-0.2, -0.15) is 0 Å². The minimum Gasteiger partial charge on any atom is -0.467 e. The van der Waals surface area contributed by atoms with Gasteiger partial charge in [0.2, 0.25) is 0 Å². The Balaban J connectivity index is 1.51. The lowest BCUT2D eigenvalue weighted by Gasteiger charge is -2.28. The van der Waals surface area contributed by atoms with E-state index in [2.05, 4.69) is 17.6 Å². The molecule has 1 aliphatic heterocycles. The van der Waals surface area contributed by atoms with Crippen molar-refractivity contribution in [1.82, 2.24) is 10.6 Å². The molecule has 1 saturated heterocycles. The van der Waals surface area contributed by atoms with Crippen LogP contribution in [0.25, 0.3) is 0 Å². The molecule has 2 aromatic rings. The maximum atomic E-state index is 12.3. The molecule has 0 saturated carbocycles. The number of benzene rings is 1. The monoisotopic (exact) mass is 342 g/mol. The molecule has 0 aliphatic carbocycles. The molecule has 0 radical (unpaired) electrons. The van der Waals surface area contributed by atoms with Gasteiger partial charge in [-0.05, 0) is 55.5 Å². The highest BCUT2D eigenvalue weighted by atomic mass is 16.5. The number of carbonyl (C=O) groups excluding carboxylic acids is 1. The molecule has 134 valence electrons. The first-order chi connectivity index (χ1) is 12.2. The highest BCUT2D eigenvalue weighted by Gasteiger charge is 2.19. The van der Waals surface area contributed by atoms with Crippen LogP contribution < -0.4 is 10.6 Å². The lowest BCUT2D eigenvalue weighted by atomic mass is 9.93. The van der Waals surface area contributed by atoms with Gasteiger partial charge in [-0.3, -0.25) is 4.79 Å². The molecule has 25 heavy (non-hydrogen) atoms. The minimum absolute atomic E-state index is 0.0873. The Labute approximate surface area is 148 Å². The maximum absolute atomic E-state index is 12.3. The lowest BCUT2D eigenvalue weighted by molar-refractivity contribution is 0.0558. The van der Waals surface area contributed by atoms with E-state index in [9.17, 15) is 4.79 Å². The Morgan fingerprint density at radius 1 is 1.20 bits per heavy atom. The standard InChI is InChI=1S/C20H26N2O3/c1-15(17-7-10-24-11-8-17)21-13-16-4-2-5-18(12-16)20(23)22-14-19-6-3-9-25-19/h2-6,9,12,15,17,21H,7-8,10-11,13-14H2,1H3,(H,22,23)/t15-/m0/s1.